The van der Waals surface area contributed by atoms with Crippen molar-refractivity contribution in [3.05, 3.63) is 69.7 Å². The fourth-order valence-electron chi connectivity index (χ4n) is 3.76. The molecule has 0 saturated carbocycles. The van der Waals surface area contributed by atoms with Gasteiger partial charge in [-0.05, 0) is 41.8 Å². The molecule has 5 nitrogen and oxygen atoms in total. The number of rotatable bonds is 6. The molecule has 2 aromatic carbocycles. The molecule has 0 unspecified atom stereocenters. The normalized spacial score (nSPS) is 20.4. The molecule has 7 heteroatoms. The fraction of sp³-hybridized carbons (Fsp3) is 0.364. The minimum Gasteiger partial charge on any atom is -0.361 e. The van der Waals surface area contributed by atoms with Gasteiger partial charge in [-0.25, -0.2) is 0 Å². The van der Waals surface area contributed by atoms with Crippen molar-refractivity contribution in [2.45, 2.75) is 38.0 Å². The number of benzene rings is 2. The Balaban J connectivity index is 2.11. The number of amides is 2. The number of morpholine rings is 1. The molecule has 29 heavy (non-hydrogen) atoms. The second-order valence-electron chi connectivity index (χ2n) is 7.00. The van der Waals surface area contributed by atoms with Crippen molar-refractivity contribution in [2.75, 3.05) is 13.7 Å². The third kappa shape index (κ3) is 4.74. The molecule has 1 N–H and O–H groups in total. The Labute approximate surface area is 180 Å². The van der Waals surface area contributed by atoms with E-state index in [9.17, 15) is 9.59 Å². The summed E-state index contributed by atoms with van der Waals surface area (Å²) in [5.41, 5.74) is 1.74. The molecule has 1 fully saturated rings. The predicted molar refractivity (Wildman–Crippen MR) is 114 cm³/mol. The summed E-state index contributed by atoms with van der Waals surface area (Å²) in [5, 5.41) is 3.92. The van der Waals surface area contributed by atoms with Crippen molar-refractivity contribution < 1.29 is 14.3 Å². The topological polar surface area (TPSA) is 58.6 Å². The first-order chi connectivity index (χ1) is 14.0. The fourth-order valence-corrected chi connectivity index (χ4v) is 4.01. The molecule has 3 rings (SSSR count). The molecule has 1 heterocycles. The van der Waals surface area contributed by atoms with Crippen LogP contribution in [0.4, 0.5) is 0 Å². The lowest BCUT2D eigenvalue weighted by atomic mass is 9.90. The molecule has 1 saturated heterocycles. The van der Waals surface area contributed by atoms with Crippen LogP contribution in [0.25, 0.3) is 0 Å². The van der Waals surface area contributed by atoms with Crippen molar-refractivity contribution in [2.24, 2.45) is 0 Å². The van der Waals surface area contributed by atoms with Crippen LogP contribution in [-0.2, 0) is 14.3 Å². The van der Waals surface area contributed by atoms with Gasteiger partial charge in [0.05, 0.1) is 6.04 Å². The van der Waals surface area contributed by atoms with Gasteiger partial charge in [-0.3, -0.25) is 9.59 Å². The number of hydrogen-bond acceptors (Lipinski definition) is 3. The molecular formula is C22H24Cl2N2O3. The molecule has 0 aliphatic carbocycles. The molecule has 0 aromatic heterocycles. The molecular weight excluding hydrogens is 411 g/mol. The van der Waals surface area contributed by atoms with E-state index < -0.39 is 18.2 Å². The van der Waals surface area contributed by atoms with Gasteiger partial charge < -0.3 is 15.0 Å². The Morgan fingerprint density at radius 1 is 1.10 bits per heavy atom. The Morgan fingerprint density at radius 2 is 1.66 bits per heavy atom. The van der Waals surface area contributed by atoms with Gasteiger partial charge in [0, 0.05) is 17.1 Å². The molecule has 1 aliphatic heterocycles. The van der Waals surface area contributed by atoms with E-state index in [1.165, 1.54) is 0 Å². The van der Waals surface area contributed by atoms with Crippen molar-refractivity contribution >= 4 is 35.0 Å². The van der Waals surface area contributed by atoms with E-state index in [-0.39, 0.29) is 18.4 Å². The number of carbonyl (C=O) groups excluding carboxylic acids is 2. The van der Waals surface area contributed by atoms with Crippen LogP contribution < -0.4 is 5.32 Å². The number of hydrogen-bond donors (Lipinski definition) is 1. The first-order valence-corrected chi connectivity index (χ1v) is 10.4. The van der Waals surface area contributed by atoms with E-state index in [0.29, 0.717) is 16.5 Å². The maximum atomic E-state index is 13.0. The van der Waals surface area contributed by atoms with Gasteiger partial charge in [0.25, 0.3) is 0 Å². The van der Waals surface area contributed by atoms with Gasteiger partial charge >= 0.3 is 0 Å². The summed E-state index contributed by atoms with van der Waals surface area (Å²) in [7, 11) is 1.59. The molecule has 0 radical (unpaired) electrons. The van der Waals surface area contributed by atoms with Gasteiger partial charge in [0.15, 0.2) is 0 Å². The lowest BCUT2D eigenvalue weighted by molar-refractivity contribution is -0.167. The van der Waals surface area contributed by atoms with Crippen LogP contribution in [-0.4, -0.2) is 36.4 Å². The average molecular weight is 435 g/mol. The number of likely N-dealkylation sites (N-methyl/N-ethyl adjacent to an activating group) is 1. The van der Waals surface area contributed by atoms with E-state index in [2.05, 4.69) is 5.32 Å². The van der Waals surface area contributed by atoms with Crippen LogP contribution >= 0.6 is 23.2 Å². The Hall–Kier alpha value is -2.08. The second-order valence-corrected chi connectivity index (χ2v) is 7.87. The van der Waals surface area contributed by atoms with E-state index in [4.69, 9.17) is 27.9 Å². The summed E-state index contributed by atoms with van der Waals surface area (Å²) in [6.45, 7) is 1.91. The third-order valence-electron chi connectivity index (χ3n) is 5.12. The number of nitrogens with one attached hydrogen (secondary N) is 1. The number of nitrogens with zero attached hydrogens (tertiary/aromatic N) is 1. The summed E-state index contributed by atoms with van der Waals surface area (Å²) >= 11 is 12.1. The summed E-state index contributed by atoms with van der Waals surface area (Å²) < 4.78 is 5.99. The predicted octanol–water partition coefficient (Wildman–Crippen LogP) is 4.55. The van der Waals surface area contributed by atoms with Crippen molar-refractivity contribution in [1.29, 1.82) is 0 Å². The first kappa shape index (κ1) is 21.6. The van der Waals surface area contributed by atoms with E-state index in [0.717, 1.165) is 17.5 Å². The van der Waals surface area contributed by atoms with Crippen LogP contribution in [0.2, 0.25) is 10.0 Å². The molecule has 0 bridgehead atoms. The summed E-state index contributed by atoms with van der Waals surface area (Å²) in [5.74, 6) is -0.395. The van der Waals surface area contributed by atoms with Crippen LogP contribution in [0.3, 0.4) is 0 Å². The molecule has 1 aliphatic rings. The van der Waals surface area contributed by atoms with Crippen molar-refractivity contribution in [1.82, 2.24) is 10.2 Å². The zero-order valence-electron chi connectivity index (χ0n) is 16.4. The first-order valence-electron chi connectivity index (χ1n) is 9.61. The molecule has 0 spiro atoms. The summed E-state index contributed by atoms with van der Waals surface area (Å²) in [6, 6.07) is 13.6. The highest BCUT2D eigenvalue weighted by Gasteiger charge is 2.43. The quantitative estimate of drug-likeness (QED) is 0.725. The SMILES string of the molecule is CCC[C@@H](C(=O)NC)N1C(=O)CO[C@H](c2ccc(Cl)cc2)[C@@H]1c1ccc(Cl)cc1. The smallest absolute Gasteiger partial charge is 0.249 e. The Morgan fingerprint density at radius 3 is 2.17 bits per heavy atom. The molecule has 2 aromatic rings. The second kappa shape index (κ2) is 9.61. The van der Waals surface area contributed by atoms with Crippen LogP contribution in [0.1, 0.15) is 43.0 Å². The maximum absolute atomic E-state index is 13.0. The average Bonchev–Trinajstić information content (AvgIpc) is 2.73. The lowest BCUT2D eigenvalue weighted by Gasteiger charge is -2.45. The van der Waals surface area contributed by atoms with Gasteiger partial charge in [0.2, 0.25) is 11.8 Å². The Bertz CT molecular complexity index is 855. The summed E-state index contributed by atoms with van der Waals surface area (Å²) in [4.78, 5) is 27.3. The molecule has 2 amide bonds. The number of ether oxygens (including phenoxy) is 1. The zero-order valence-corrected chi connectivity index (χ0v) is 17.9. The van der Waals surface area contributed by atoms with Gasteiger partial charge in [-0.15, -0.1) is 0 Å². The van der Waals surface area contributed by atoms with Crippen LogP contribution in [0.5, 0.6) is 0 Å². The minimum atomic E-state index is -0.586. The highest BCUT2D eigenvalue weighted by atomic mass is 35.5. The highest BCUT2D eigenvalue weighted by molar-refractivity contribution is 6.30. The van der Waals surface area contributed by atoms with Crippen molar-refractivity contribution in [3.8, 4) is 0 Å². The minimum absolute atomic E-state index is 0.0887. The van der Waals surface area contributed by atoms with Gasteiger partial charge in [-0.1, -0.05) is 60.8 Å². The van der Waals surface area contributed by atoms with Gasteiger partial charge in [-0.2, -0.15) is 0 Å². The summed E-state index contributed by atoms with van der Waals surface area (Å²) in [6.07, 6.45) is 0.889. The zero-order chi connectivity index (χ0) is 21.0. The van der Waals surface area contributed by atoms with Gasteiger partial charge in [0.1, 0.15) is 18.8 Å². The van der Waals surface area contributed by atoms with Crippen LogP contribution in [0, 0.1) is 0 Å². The van der Waals surface area contributed by atoms with Crippen LogP contribution in [0.15, 0.2) is 48.5 Å². The maximum Gasteiger partial charge on any atom is 0.249 e. The monoisotopic (exact) mass is 434 g/mol. The van der Waals surface area contributed by atoms with E-state index in [1.54, 1.807) is 36.2 Å². The number of carbonyl (C=O) groups is 2. The standard InChI is InChI=1S/C22H24Cl2N2O3/c1-3-4-18(22(28)25-2)26-19(27)13-29-21(15-7-11-17(24)12-8-15)20(26)14-5-9-16(23)10-6-14/h5-12,18,20-21H,3-4,13H2,1-2H3,(H,25,28)/t18-,20-,21+/m0/s1. The lowest BCUT2D eigenvalue weighted by Crippen LogP contribution is -2.55. The highest BCUT2D eigenvalue weighted by Crippen LogP contribution is 2.42. The van der Waals surface area contributed by atoms with E-state index >= 15 is 0 Å². The largest absolute Gasteiger partial charge is 0.361 e. The Kier molecular flexibility index (Phi) is 7.17. The van der Waals surface area contributed by atoms with Crippen molar-refractivity contribution in [3.63, 3.8) is 0 Å². The third-order valence-corrected chi connectivity index (χ3v) is 5.62. The molecule has 154 valence electrons. The molecule has 3 atom stereocenters. The number of halogens is 2. The van der Waals surface area contributed by atoms with E-state index in [1.807, 2.05) is 31.2 Å².